The number of aromatic nitrogens is 2. The summed E-state index contributed by atoms with van der Waals surface area (Å²) in [7, 11) is 0. The van der Waals surface area contributed by atoms with Crippen molar-refractivity contribution in [2.24, 2.45) is 17.2 Å². The van der Waals surface area contributed by atoms with Crippen molar-refractivity contribution in [2.75, 3.05) is 31.5 Å². The third kappa shape index (κ3) is 9.74. The van der Waals surface area contributed by atoms with Crippen LogP contribution in [0.2, 0.25) is 0 Å². The molecule has 2 atom stereocenters. The van der Waals surface area contributed by atoms with Crippen LogP contribution in [0.3, 0.4) is 0 Å². The van der Waals surface area contributed by atoms with Crippen molar-refractivity contribution in [1.29, 1.82) is 0 Å². The maximum atomic E-state index is 13.0. The summed E-state index contributed by atoms with van der Waals surface area (Å²) in [5.74, 6) is -2.62. The van der Waals surface area contributed by atoms with Crippen LogP contribution in [0.15, 0.2) is 42.6 Å². The molecule has 2 rings (SSSR count). The van der Waals surface area contributed by atoms with Crippen LogP contribution in [0.5, 0.6) is 0 Å². The Kier molecular flexibility index (Phi) is 11.4. The number of aryl methyl sites for hydroxylation is 1. The number of hydrogen-bond acceptors (Lipinski definition) is 8. The summed E-state index contributed by atoms with van der Waals surface area (Å²) in [5.41, 5.74) is 16.6. The molecule has 11 nitrogen and oxygen atoms in total. The van der Waals surface area contributed by atoms with Crippen LogP contribution < -0.4 is 27.8 Å². The van der Waals surface area contributed by atoms with Gasteiger partial charge in [0.15, 0.2) is 0 Å². The van der Waals surface area contributed by atoms with Crippen LogP contribution in [0.4, 0.5) is 19.1 Å². The summed E-state index contributed by atoms with van der Waals surface area (Å²) in [6.45, 7) is 0.881. The zero-order chi connectivity index (χ0) is 27.4. The van der Waals surface area contributed by atoms with E-state index in [4.69, 9.17) is 17.2 Å². The Hall–Kier alpha value is -3.62. The van der Waals surface area contributed by atoms with Crippen LogP contribution >= 0.6 is 0 Å². The Labute approximate surface area is 212 Å². The molecule has 0 saturated carbocycles. The highest BCUT2D eigenvalue weighted by Gasteiger charge is 2.33. The summed E-state index contributed by atoms with van der Waals surface area (Å²) in [4.78, 5) is 46.5. The van der Waals surface area contributed by atoms with Gasteiger partial charge in [-0.2, -0.15) is 13.2 Å². The van der Waals surface area contributed by atoms with Gasteiger partial charge in [0.05, 0.1) is 12.5 Å². The van der Waals surface area contributed by atoms with Gasteiger partial charge in [0, 0.05) is 32.4 Å². The van der Waals surface area contributed by atoms with Gasteiger partial charge in [-0.3, -0.25) is 19.7 Å². The molecule has 2 unspecified atom stereocenters. The van der Waals surface area contributed by atoms with Crippen molar-refractivity contribution in [2.45, 2.75) is 37.5 Å². The highest BCUT2D eigenvalue weighted by Crippen LogP contribution is 2.27. The summed E-state index contributed by atoms with van der Waals surface area (Å²) in [6, 6.07) is 7.23. The van der Waals surface area contributed by atoms with Crippen molar-refractivity contribution in [3.63, 3.8) is 0 Å². The molecule has 0 saturated heterocycles. The first kappa shape index (κ1) is 29.6. The maximum absolute atomic E-state index is 13.0. The Morgan fingerprint density at radius 2 is 1.65 bits per heavy atom. The van der Waals surface area contributed by atoms with Gasteiger partial charge in [0.1, 0.15) is 11.7 Å². The number of carbonyl (C=O) groups is 3. The standard InChI is InChI=1S/C23H31F3N8O3/c24-23(25,26)18-8-11-30-22(32-18)33-21(37)17(7-6-15-4-2-1-3-5-15)31-20(36)16(29)14-19(35)34(12-9-27)13-10-28/h1-5,8,11,16-17H,6-7,9-10,12-14,27-29H2,(H,31,36)(H,30,32,33,37). The molecule has 37 heavy (non-hydrogen) atoms. The average Bonchev–Trinajstić information content (AvgIpc) is 2.86. The second-order valence-electron chi connectivity index (χ2n) is 8.11. The van der Waals surface area contributed by atoms with Gasteiger partial charge >= 0.3 is 6.18 Å². The number of amides is 3. The van der Waals surface area contributed by atoms with Crippen molar-refractivity contribution in [3.05, 3.63) is 53.9 Å². The minimum absolute atomic E-state index is 0.0910. The fourth-order valence-corrected chi connectivity index (χ4v) is 3.36. The predicted octanol–water partition coefficient (Wildman–Crippen LogP) is 0.0149. The van der Waals surface area contributed by atoms with E-state index in [2.05, 4.69) is 20.6 Å². The van der Waals surface area contributed by atoms with E-state index in [1.54, 1.807) is 12.1 Å². The molecular formula is C23H31F3N8O3. The molecule has 1 aromatic carbocycles. The monoisotopic (exact) mass is 524 g/mol. The molecule has 0 aliphatic heterocycles. The van der Waals surface area contributed by atoms with Crippen LogP contribution in [-0.2, 0) is 27.0 Å². The fourth-order valence-electron chi connectivity index (χ4n) is 3.36. The third-order valence-corrected chi connectivity index (χ3v) is 5.26. The van der Waals surface area contributed by atoms with Crippen molar-refractivity contribution < 1.29 is 27.6 Å². The molecule has 8 N–H and O–H groups in total. The van der Waals surface area contributed by atoms with Gasteiger partial charge in [0.25, 0.3) is 0 Å². The highest BCUT2D eigenvalue weighted by atomic mass is 19.4. The molecule has 0 bridgehead atoms. The quantitative estimate of drug-likeness (QED) is 0.243. The number of nitrogens with two attached hydrogens (primary N) is 3. The number of carbonyl (C=O) groups excluding carboxylic acids is 3. The predicted molar refractivity (Wildman–Crippen MR) is 130 cm³/mol. The number of nitrogens with one attached hydrogen (secondary N) is 2. The second kappa shape index (κ2) is 14.2. The van der Waals surface area contributed by atoms with E-state index in [0.29, 0.717) is 12.5 Å². The first-order valence-electron chi connectivity index (χ1n) is 11.5. The lowest BCUT2D eigenvalue weighted by Crippen LogP contribution is -2.52. The zero-order valence-corrected chi connectivity index (χ0v) is 20.1. The molecule has 1 heterocycles. The molecule has 1 aromatic heterocycles. The lowest BCUT2D eigenvalue weighted by Gasteiger charge is -2.24. The molecule has 0 fully saturated rings. The normalized spacial score (nSPS) is 12.9. The molecule has 0 aliphatic rings. The van der Waals surface area contributed by atoms with Gasteiger partial charge < -0.3 is 27.4 Å². The number of benzene rings is 1. The molecule has 14 heteroatoms. The number of hydrogen-bond donors (Lipinski definition) is 5. The number of rotatable bonds is 13. The molecular weight excluding hydrogens is 493 g/mol. The van der Waals surface area contributed by atoms with E-state index < -0.39 is 47.6 Å². The lowest BCUT2D eigenvalue weighted by molar-refractivity contribution is -0.141. The zero-order valence-electron chi connectivity index (χ0n) is 20.1. The van der Waals surface area contributed by atoms with E-state index in [1.807, 2.05) is 18.2 Å². The molecule has 0 radical (unpaired) electrons. The van der Waals surface area contributed by atoms with E-state index in [0.717, 1.165) is 11.8 Å². The number of alkyl halides is 3. The summed E-state index contributed by atoms with van der Waals surface area (Å²) >= 11 is 0. The number of nitrogens with zero attached hydrogens (tertiary/aromatic N) is 3. The van der Waals surface area contributed by atoms with Gasteiger partial charge in [-0.05, 0) is 24.5 Å². The Morgan fingerprint density at radius 3 is 2.24 bits per heavy atom. The van der Waals surface area contributed by atoms with E-state index >= 15 is 0 Å². The van der Waals surface area contributed by atoms with Crippen LogP contribution in [-0.4, -0.2) is 70.9 Å². The molecule has 0 aliphatic carbocycles. The summed E-state index contributed by atoms with van der Waals surface area (Å²) in [5, 5.41) is 4.69. The van der Waals surface area contributed by atoms with Gasteiger partial charge in [-0.25, -0.2) is 9.97 Å². The summed E-state index contributed by atoms with van der Waals surface area (Å²) in [6.07, 6.45) is -3.77. The smallest absolute Gasteiger partial charge is 0.343 e. The third-order valence-electron chi connectivity index (χ3n) is 5.26. The van der Waals surface area contributed by atoms with Gasteiger partial charge in [-0.1, -0.05) is 30.3 Å². The Bertz CT molecular complexity index is 1030. The van der Waals surface area contributed by atoms with Crippen molar-refractivity contribution >= 4 is 23.7 Å². The van der Waals surface area contributed by atoms with Crippen molar-refractivity contribution in [1.82, 2.24) is 20.2 Å². The van der Waals surface area contributed by atoms with Gasteiger partial charge in [-0.15, -0.1) is 0 Å². The van der Waals surface area contributed by atoms with E-state index in [1.165, 1.54) is 4.90 Å². The Morgan fingerprint density at radius 1 is 1.00 bits per heavy atom. The van der Waals surface area contributed by atoms with Gasteiger partial charge in [0.2, 0.25) is 23.7 Å². The Balaban J connectivity index is 2.13. The van der Waals surface area contributed by atoms with E-state index in [-0.39, 0.29) is 39.0 Å². The van der Waals surface area contributed by atoms with Crippen LogP contribution in [0.25, 0.3) is 0 Å². The molecule has 202 valence electrons. The molecule has 2 aromatic rings. The SMILES string of the molecule is NCCN(CCN)C(=O)CC(N)C(=O)NC(CCc1ccccc1)C(=O)Nc1nccc(C(F)(F)F)n1. The highest BCUT2D eigenvalue weighted by molar-refractivity contribution is 5.97. The number of anilines is 1. The first-order valence-corrected chi connectivity index (χ1v) is 11.5. The molecule has 0 spiro atoms. The maximum Gasteiger partial charge on any atom is 0.433 e. The largest absolute Gasteiger partial charge is 0.433 e. The molecule has 3 amide bonds. The number of halogens is 3. The fraction of sp³-hybridized carbons (Fsp3) is 0.435. The van der Waals surface area contributed by atoms with Crippen LogP contribution in [0, 0.1) is 0 Å². The van der Waals surface area contributed by atoms with E-state index in [9.17, 15) is 27.6 Å². The van der Waals surface area contributed by atoms with Crippen molar-refractivity contribution in [3.8, 4) is 0 Å². The minimum atomic E-state index is -4.73. The second-order valence-corrected chi connectivity index (χ2v) is 8.11. The lowest BCUT2D eigenvalue weighted by atomic mass is 10.0. The van der Waals surface area contributed by atoms with Crippen LogP contribution in [0.1, 0.15) is 24.1 Å². The summed E-state index contributed by atoms with van der Waals surface area (Å²) < 4.78 is 38.9. The minimum Gasteiger partial charge on any atom is -0.343 e. The topological polar surface area (TPSA) is 182 Å². The first-order chi connectivity index (χ1) is 17.5. The average molecular weight is 525 g/mol.